The standard InChI is InChI=1S/C8H20O7P2/c1-3-5-6-7(4-2)8(9,16(10,11)12)17(13,14)15/h7,9H,3-6H2,1-2H3,(H2,10,11,12)(H2,13,14,15). The molecule has 0 radical (unpaired) electrons. The molecular weight excluding hydrogens is 270 g/mol. The Morgan fingerprint density at radius 2 is 1.47 bits per heavy atom. The molecule has 0 aromatic carbocycles. The first kappa shape index (κ1) is 17.3. The fourth-order valence-corrected chi connectivity index (χ4v) is 4.70. The van der Waals surface area contributed by atoms with Crippen molar-refractivity contribution in [3.05, 3.63) is 0 Å². The molecule has 104 valence electrons. The molecule has 9 heteroatoms. The lowest BCUT2D eigenvalue weighted by Crippen LogP contribution is -2.37. The molecule has 0 aliphatic heterocycles. The van der Waals surface area contributed by atoms with Crippen LogP contribution in [0.1, 0.15) is 39.5 Å². The Balaban J connectivity index is 5.46. The Morgan fingerprint density at radius 3 is 1.71 bits per heavy atom. The summed E-state index contributed by atoms with van der Waals surface area (Å²) in [5, 5.41) is 6.57. The molecule has 0 saturated carbocycles. The second kappa shape index (κ2) is 5.93. The van der Waals surface area contributed by atoms with Crippen molar-refractivity contribution in [3.8, 4) is 0 Å². The molecule has 1 atom stereocenters. The van der Waals surface area contributed by atoms with Crippen molar-refractivity contribution in [2.45, 2.75) is 44.6 Å². The van der Waals surface area contributed by atoms with E-state index in [9.17, 15) is 14.2 Å². The van der Waals surface area contributed by atoms with Gasteiger partial charge in [0, 0.05) is 5.92 Å². The van der Waals surface area contributed by atoms with E-state index in [4.69, 9.17) is 19.6 Å². The third-order valence-corrected chi connectivity index (χ3v) is 6.81. The lowest BCUT2D eigenvalue weighted by molar-refractivity contribution is 0.0712. The number of rotatable bonds is 7. The van der Waals surface area contributed by atoms with Crippen molar-refractivity contribution in [2.24, 2.45) is 5.92 Å². The van der Waals surface area contributed by atoms with Crippen molar-refractivity contribution in [2.75, 3.05) is 0 Å². The van der Waals surface area contributed by atoms with Gasteiger partial charge in [-0.3, -0.25) is 9.13 Å². The van der Waals surface area contributed by atoms with Crippen LogP contribution in [0.5, 0.6) is 0 Å². The Bertz CT molecular complexity index is 309. The first-order valence-electron chi connectivity index (χ1n) is 5.36. The van der Waals surface area contributed by atoms with E-state index in [1.807, 2.05) is 6.92 Å². The summed E-state index contributed by atoms with van der Waals surface area (Å²) in [5.74, 6) is -1.14. The van der Waals surface area contributed by atoms with Gasteiger partial charge in [-0.1, -0.05) is 26.7 Å². The van der Waals surface area contributed by atoms with Crippen LogP contribution in [0.3, 0.4) is 0 Å². The molecule has 17 heavy (non-hydrogen) atoms. The van der Waals surface area contributed by atoms with E-state index in [-0.39, 0.29) is 12.8 Å². The average molecular weight is 290 g/mol. The van der Waals surface area contributed by atoms with Crippen molar-refractivity contribution in [1.29, 1.82) is 0 Å². The molecule has 0 amide bonds. The number of aliphatic hydroxyl groups is 1. The summed E-state index contributed by atoms with van der Waals surface area (Å²) in [4.78, 5) is 36.2. The van der Waals surface area contributed by atoms with Gasteiger partial charge in [0.1, 0.15) is 0 Å². The minimum absolute atomic E-state index is 0.0761. The molecule has 0 rings (SSSR count). The molecule has 0 aliphatic carbocycles. The van der Waals surface area contributed by atoms with Crippen LogP contribution >= 0.6 is 15.2 Å². The van der Waals surface area contributed by atoms with E-state index < -0.39 is 26.2 Å². The molecule has 0 aromatic heterocycles. The van der Waals surface area contributed by atoms with Crippen molar-refractivity contribution in [1.82, 2.24) is 0 Å². The summed E-state index contributed by atoms with van der Waals surface area (Å²) >= 11 is 0. The molecule has 5 N–H and O–H groups in total. The predicted octanol–water partition coefficient (Wildman–Crippen LogP) is 1.20. The first-order valence-corrected chi connectivity index (χ1v) is 8.58. The Hall–Kier alpha value is 0.260. The summed E-state index contributed by atoms with van der Waals surface area (Å²) in [5.41, 5.74) is 0. The number of unbranched alkanes of at least 4 members (excludes halogenated alkanes) is 1. The van der Waals surface area contributed by atoms with Gasteiger partial charge in [0.25, 0.3) is 5.08 Å². The molecule has 0 saturated heterocycles. The monoisotopic (exact) mass is 290 g/mol. The van der Waals surface area contributed by atoms with Crippen LogP contribution in [0.25, 0.3) is 0 Å². The highest BCUT2D eigenvalue weighted by Crippen LogP contribution is 2.71. The van der Waals surface area contributed by atoms with Gasteiger partial charge in [0.2, 0.25) is 0 Å². The van der Waals surface area contributed by atoms with Gasteiger partial charge in [0.15, 0.2) is 0 Å². The second-order valence-corrected chi connectivity index (χ2v) is 7.92. The van der Waals surface area contributed by atoms with E-state index >= 15 is 0 Å². The molecule has 7 nitrogen and oxygen atoms in total. The van der Waals surface area contributed by atoms with Crippen LogP contribution in [-0.4, -0.2) is 29.8 Å². The highest BCUT2D eigenvalue weighted by Gasteiger charge is 2.63. The van der Waals surface area contributed by atoms with Gasteiger partial charge in [-0.2, -0.15) is 0 Å². The number of hydrogen-bond acceptors (Lipinski definition) is 3. The van der Waals surface area contributed by atoms with E-state index in [0.717, 1.165) is 0 Å². The Labute approximate surface area is 100 Å². The van der Waals surface area contributed by atoms with Crippen LogP contribution in [0.2, 0.25) is 0 Å². The zero-order valence-corrected chi connectivity index (χ0v) is 11.6. The van der Waals surface area contributed by atoms with Gasteiger partial charge in [-0.05, 0) is 12.8 Å². The minimum atomic E-state index is -5.33. The SMILES string of the molecule is CCCCC(CC)C(O)(P(=O)(O)O)P(=O)(O)O. The van der Waals surface area contributed by atoms with Crippen LogP contribution in [-0.2, 0) is 9.13 Å². The molecule has 0 heterocycles. The summed E-state index contributed by atoms with van der Waals surface area (Å²) in [7, 11) is -10.7. The molecule has 0 aliphatic rings. The molecule has 1 unspecified atom stereocenters. The fourth-order valence-electron chi connectivity index (χ4n) is 1.77. The Morgan fingerprint density at radius 1 is 1.06 bits per heavy atom. The van der Waals surface area contributed by atoms with Gasteiger partial charge in [0.05, 0.1) is 0 Å². The third kappa shape index (κ3) is 3.61. The predicted molar refractivity (Wildman–Crippen MR) is 62.3 cm³/mol. The molecule has 0 spiro atoms. The maximum atomic E-state index is 11.2. The van der Waals surface area contributed by atoms with Crippen LogP contribution in [0.15, 0.2) is 0 Å². The lowest BCUT2D eigenvalue weighted by Gasteiger charge is -2.35. The maximum absolute atomic E-state index is 11.2. The first-order chi connectivity index (χ1) is 7.52. The van der Waals surface area contributed by atoms with Gasteiger partial charge >= 0.3 is 15.2 Å². The second-order valence-electron chi connectivity index (χ2n) is 4.02. The quantitative estimate of drug-likeness (QED) is 0.444. The molecule has 0 bridgehead atoms. The maximum Gasteiger partial charge on any atom is 0.369 e. The highest BCUT2D eigenvalue weighted by molar-refractivity contribution is 7.72. The van der Waals surface area contributed by atoms with Gasteiger partial charge < -0.3 is 24.7 Å². The normalized spacial score (nSPS) is 15.9. The largest absolute Gasteiger partial charge is 0.369 e. The summed E-state index contributed by atoms with van der Waals surface area (Å²) in [6, 6.07) is 0. The fraction of sp³-hybridized carbons (Fsp3) is 1.00. The summed E-state index contributed by atoms with van der Waals surface area (Å²) in [6.07, 6.45) is 1.46. The van der Waals surface area contributed by atoms with Crippen LogP contribution < -0.4 is 0 Å². The third-order valence-electron chi connectivity index (χ3n) is 2.80. The lowest BCUT2D eigenvalue weighted by atomic mass is 10.00. The molecular formula is C8H20O7P2. The number of hydrogen-bond donors (Lipinski definition) is 5. The van der Waals surface area contributed by atoms with Crippen LogP contribution in [0.4, 0.5) is 0 Å². The van der Waals surface area contributed by atoms with E-state index in [2.05, 4.69) is 0 Å². The van der Waals surface area contributed by atoms with Crippen molar-refractivity contribution >= 4 is 15.2 Å². The molecule has 0 aromatic rings. The van der Waals surface area contributed by atoms with E-state index in [1.54, 1.807) is 0 Å². The Kier molecular flexibility index (Phi) is 6.02. The zero-order chi connectivity index (χ0) is 13.9. The van der Waals surface area contributed by atoms with Crippen molar-refractivity contribution in [3.63, 3.8) is 0 Å². The summed E-state index contributed by atoms with van der Waals surface area (Å²) < 4.78 is 22.4. The topological polar surface area (TPSA) is 135 Å². The van der Waals surface area contributed by atoms with E-state index in [1.165, 1.54) is 6.92 Å². The molecule has 0 fully saturated rings. The van der Waals surface area contributed by atoms with Gasteiger partial charge in [-0.25, -0.2) is 0 Å². The van der Waals surface area contributed by atoms with Crippen molar-refractivity contribution < 1.29 is 33.8 Å². The minimum Gasteiger partial charge on any atom is -0.367 e. The zero-order valence-electron chi connectivity index (χ0n) is 9.85. The smallest absolute Gasteiger partial charge is 0.367 e. The van der Waals surface area contributed by atoms with Gasteiger partial charge in [-0.15, -0.1) is 0 Å². The van der Waals surface area contributed by atoms with E-state index in [0.29, 0.717) is 12.8 Å². The summed E-state index contributed by atoms with van der Waals surface area (Å²) in [6.45, 7) is 3.36. The average Bonchev–Trinajstić information content (AvgIpc) is 2.15. The highest BCUT2D eigenvalue weighted by atomic mass is 31.2. The van der Waals surface area contributed by atoms with Crippen LogP contribution in [0, 0.1) is 5.92 Å².